The number of carbonyl (C=O) groups is 7. The van der Waals surface area contributed by atoms with Gasteiger partial charge < -0.3 is 47.7 Å². The number of amides is 4. The van der Waals surface area contributed by atoms with E-state index in [1.54, 1.807) is 0 Å². The Kier molecular flexibility index (Phi) is 12.9. The molecule has 0 saturated carbocycles. The molecule has 0 radical (unpaired) electrons. The second kappa shape index (κ2) is 15.5. The summed E-state index contributed by atoms with van der Waals surface area (Å²) in [5, 5.41) is 33.9. The number of nitrogens with one attached hydrogen (secondary N) is 4. The number of nitrogens with zero attached hydrogens (tertiary/aromatic N) is 1. The van der Waals surface area contributed by atoms with Crippen molar-refractivity contribution >= 4 is 41.5 Å². The first-order chi connectivity index (χ1) is 17.8. The molecule has 38 heavy (non-hydrogen) atoms. The van der Waals surface area contributed by atoms with Crippen molar-refractivity contribution in [2.24, 2.45) is 11.5 Å². The lowest BCUT2D eigenvalue weighted by Gasteiger charge is -2.25. The van der Waals surface area contributed by atoms with Gasteiger partial charge in [-0.1, -0.05) is 0 Å². The monoisotopic (exact) mass is 541 g/mol. The van der Waals surface area contributed by atoms with Crippen molar-refractivity contribution in [3.63, 3.8) is 0 Å². The first-order valence-corrected chi connectivity index (χ1v) is 11.4. The number of hydrogen-bond donors (Lipinski definition) is 9. The van der Waals surface area contributed by atoms with Crippen molar-refractivity contribution in [2.45, 2.75) is 69.1 Å². The number of carboxylic acid groups (broad SMARTS) is 3. The minimum Gasteiger partial charge on any atom is -0.481 e. The standard InChI is InChI=1S/C21H31N7O10/c22-11(1-5-16(30)31)18(34)28-14(7-10-8-24-9-25-10)20(36)26-12(3-6-17(32)33)19(35)27-13(21(37)38)2-4-15(23)29/h8-9,11-14H,1-7,22H2,(H2,23,29)(H,24,25)(H,26,36)(H,27,35)(H,28,34)(H,30,31)(H,32,33)(H,37,38). The van der Waals surface area contributed by atoms with E-state index < -0.39 is 85.0 Å². The number of nitrogens with two attached hydrogens (primary N) is 2. The Balaban J connectivity index is 3.07. The lowest BCUT2D eigenvalue weighted by atomic mass is 10.1. The van der Waals surface area contributed by atoms with Crippen LogP contribution >= 0.6 is 0 Å². The molecule has 1 heterocycles. The van der Waals surface area contributed by atoms with Gasteiger partial charge in [-0.2, -0.15) is 0 Å². The smallest absolute Gasteiger partial charge is 0.326 e. The van der Waals surface area contributed by atoms with Gasteiger partial charge >= 0.3 is 17.9 Å². The van der Waals surface area contributed by atoms with Gasteiger partial charge in [0.1, 0.15) is 18.1 Å². The first-order valence-electron chi connectivity index (χ1n) is 11.4. The summed E-state index contributed by atoms with van der Waals surface area (Å²) in [6, 6.07) is -5.71. The lowest BCUT2D eigenvalue weighted by molar-refractivity contribution is -0.143. The summed E-state index contributed by atoms with van der Waals surface area (Å²) in [5.74, 6) is -7.60. The molecule has 210 valence electrons. The van der Waals surface area contributed by atoms with Gasteiger partial charge in [-0.15, -0.1) is 0 Å². The van der Waals surface area contributed by atoms with Crippen LogP contribution in [0.1, 0.15) is 44.2 Å². The van der Waals surface area contributed by atoms with Crippen molar-refractivity contribution in [3.05, 3.63) is 18.2 Å². The van der Waals surface area contributed by atoms with Crippen LogP contribution in [0.3, 0.4) is 0 Å². The van der Waals surface area contributed by atoms with Crippen molar-refractivity contribution in [2.75, 3.05) is 0 Å². The third-order valence-corrected chi connectivity index (χ3v) is 5.19. The summed E-state index contributed by atoms with van der Waals surface area (Å²) >= 11 is 0. The Morgan fingerprint density at radius 2 is 1.32 bits per heavy atom. The van der Waals surface area contributed by atoms with Gasteiger partial charge in [0.05, 0.1) is 12.4 Å². The molecule has 0 aliphatic carbocycles. The number of carbonyl (C=O) groups excluding carboxylic acids is 4. The Labute approximate surface area is 215 Å². The maximum absolute atomic E-state index is 13.1. The van der Waals surface area contributed by atoms with Crippen LogP contribution in [0.2, 0.25) is 0 Å². The van der Waals surface area contributed by atoms with Gasteiger partial charge in [0.2, 0.25) is 23.6 Å². The molecule has 0 saturated heterocycles. The van der Waals surface area contributed by atoms with Gasteiger partial charge in [0.25, 0.3) is 0 Å². The Bertz CT molecular complexity index is 1010. The summed E-state index contributed by atoms with van der Waals surface area (Å²) in [4.78, 5) is 89.2. The van der Waals surface area contributed by atoms with E-state index in [0.717, 1.165) is 0 Å². The van der Waals surface area contributed by atoms with Crippen LogP contribution in [0.15, 0.2) is 12.5 Å². The maximum Gasteiger partial charge on any atom is 0.326 e. The summed E-state index contributed by atoms with van der Waals surface area (Å²) < 4.78 is 0. The number of aliphatic carboxylic acids is 3. The number of aromatic nitrogens is 2. The molecule has 17 nitrogen and oxygen atoms in total. The highest BCUT2D eigenvalue weighted by molar-refractivity contribution is 5.94. The second-order valence-electron chi connectivity index (χ2n) is 8.28. The SMILES string of the molecule is NC(=O)CCC(NC(=O)C(CCC(=O)O)NC(=O)C(Cc1cnc[nH]1)NC(=O)C(N)CCC(=O)O)C(=O)O. The molecule has 4 amide bonds. The quantitative estimate of drug-likeness (QED) is 0.0888. The molecule has 0 fully saturated rings. The van der Waals surface area contributed by atoms with Gasteiger partial charge in [0, 0.05) is 37.6 Å². The lowest BCUT2D eigenvalue weighted by Crippen LogP contribution is -2.57. The number of hydrogen-bond acceptors (Lipinski definition) is 9. The Morgan fingerprint density at radius 3 is 1.84 bits per heavy atom. The van der Waals surface area contributed by atoms with Crippen LogP contribution in [0.5, 0.6) is 0 Å². The van der Waals surface area contributed by atoms with E-state index in [0.29, 0.717) is 5.69 Å². The number of rotatable bonds is 18. The summed E-state index contributed by atoms with van der Waals surface area (Å²) in [7, 11) is 0. The van der Waals surface area contributed by atoms with Crippen molar-refractivity contribution < 1.29 is 48.9 Å². The minimum absolute atomic E-state index is 0.160. The molecule has 0 bridgehead atoms. The van der Waals surface area contributed by atoms with E-state index in [1.807, 2.05) is 0 Å². The Morgan fingerprint density at radius 1 is 0.789 bits per heavy atom. The average Bonchev–Trinajstić information content (AvgIpc) is 3.34. The Hall–Kier alpha value is -4.54. The van der Waals surface area contributed by atoms with Crippen LogP contribution in [0, 0.1) is 0 Å². The summed E-state index contributed by atoms with van der Waals surface area (Å²) in [6.07, 6.45) is 0.189. The third kappa shape index (κ3) is 11.9. The average molecular weight is 542 g/mol. The number of carboxylic acids is 3. The first kappa shape index (κ1) is 31.5. The zero-order valence-corrected chi connectivity index (χ0v) is 20.2. The fraction of sp³-hybridized carbons (Fsp3) is 0.524. The molecule has 17 heteroatoms. The minimum atomic E-state index is -1.55. The predicted molar refractivity (Wildman–Crippen MR) is 126 cm³/mol. The van der Waals surface area contributed by atoms with Gasteiger partial charge in [-0.3, -0.25) is 28.8 Å². The zero-order valence-electron chi connectivity index (χ0n) is 20.2. The van der Waals surface area contributed by atoms with Crippen LogP contribution in [-0.4, -0.2) is 91.0 Å². The number of primary amides is 1. The highest BCUT2D eigenvalue weighted by atomic mass is 16.4. The highest BCUT2D eigenvalue weighted by Gasteiger charge is 2.31. The normalized spacial score (nSPS) is 13.8. The number of imidazole rings is 1. The summed E-state index contributed by atoms with van der Waals surface area (Å²) in [5.41, 5.74) is 11.1. The topological polar surface area (TPSA) is 297 Å². The number of H-pyrrole nitrogens is 1. The van der Waals surface area contributed by atoms with Crippen molar-refractivity contribution in [1.82, 2.24) is 25.9 Å². The molecule has 1 aromatic rings. The summed E-state index contributed by atoms with van der Waals surface area (Å²) in [6.45, 7) is 0. The van der Waals surface area contributed by atoms with Gasteiger partial charge in [-0.25, -0.2) is 9.78 Å². The van der Waals surface area contributed by atoms with E-state index in [2.05, 4.69) is 25.9 Å². The van der Waals surface area contributed by atoms with Crippen molar-refractivity contribution in [3.8, 4) is 0 Å². The zero-order chi connectivity index (χ0) is 28.8. The van der Waals surface area contributed by atoms with Crippen LogP contribution in [0.25, 0.3) is 0 Å². The van der Waals surface area contributed by atoms with E-state index in [1.165, 1.54) is 12.5 Å². The second-order valence-corrected chi connectivity index (χ2v) is 8.28. The highest BCUT2D eigenvalue weighted by Crippen LogP contribution is 2.06. The third-order valence-electron chi connectivity index (χ3n) is 5.19. The van der Waals surface area contributed by atoms with E-state index in [9.17, 15) is 38.7 Å². The van der Waals surface area contributed by atoms with Gasteiger partial charge in [0.15, 0.2) is 0 Å². The largest absolute Gasteiger partial charge is 0.481 e. The number of aromatic amines is 1. The fourth-order valence-electron chi connectivity index (χ4n) is 3.14. The molecule has 0 aromatic carbocycles. The fourth-order valence-corrected chi connectivity index (χ4v) is 3.14. The molecule has 1 rings (SSSR count). The predicted octanol–water partition coefficient (Wildman–Crippen LogP) is -3.19. The molecule has 1 aromatic heterocycles. The van der Waals surface area contributed by atoms with E-state index >= 15 is 0 Å². The molecule has 0 spiro atoms. The van der Waals surface area contributed by atoms with E-state index in [-0.39, 0.29) is 25.7 Å². The molecule has 0 aliphatic rings. The van der Waals surface area contributed by atoms with Crippen molar-refractivity contribution in [1.29, 1.82) is 0 Å². The van der Waals surface area contributed by atoms with Gasteiger partial charge in [-0.05, 0) is 19.3 Å². The maximum atomic E-state index is 13.1. The van der Waals surface area contributed by atoms with E-state index in [4.69, 9.17) is 21.7 Å². The molecule has 0 aliphatic heterocycles. The van der Waals surface area contributed by atoms with Crippen LogP contribution in [0.4, 0.5) is 0 Å². The van der Waals surface area contributed by atoms with Crippen LogP contribution < -0.4 is 27.4 Å². The van der Waals surface area contributed by atoms with Crippen LogP contribution in [-0.2, 0) is 40.0 Å². The molecular weight excluding hydrogens is 510 g/mol. The molecule has 11 N–H and O–H groups in total. The molecular formula is C21H31N7O10. The molecule has 4 unspecified atom stereocenters. The molecule has 4 atom stereocenters.